The fourth-order valence-corrected chi connectivity index (χ4v) is 8.94. The number of carbonyl (C=O) groups is 4. The van der Waals surface area contributed by atoms with Crippen molar-refractivity contribution < 1.29 is 58.2 Å². The topological polar surface area (TPSA) is 175 Å². The van der Waals surface area contributed by atoms with Gasteiger partial charge in [0.05, 0.1) is 6.61 Å². The number of aliphatic hydroxyl groups is 2. The molecule has 1 aliphatic heterocycles. The number of hydrogen-bond donors (Lipinski definition) is 3. The molecule has 12 nitrogen and oxygen atoms in total. The Morgan fingerprint density at radius 2 is 0.840 bits per heavy atom. The van der Waals surface area contributed by atoms with Gasteiger partial charge in [-0.2, -0.15) is 0 Å². The molecule has 1 rings (SSSR count). The van der Waals surface area contributed by atoms with Crippen LogP contribution in [0.25, 0.3) is 0 Å². The second-order valence-corrected chi connectivity index (χ2v) is 20.6. The quantitative estimate of drug-likeness (QED) is 0.0228. The van der Waals surface area contributed by atoms with E-state index in [0.717, 1.165) is 89.9 Å². The van der Waals surface area contributed by atoms with E-state index in [1.807, 2.05) is 0 Å². The zero-order valence-corrected chi connectivity index (χ0v) is 47.5. The van der Waals surface area contributed by atoms with Crippen LogP contribution in [0, 0.1) is 0 Å². The Balaban J connectivity index is 2.71. The number of aliphatic hydroxyl groups excluding tert-OH is 2. The van der Waals surface area contributed by atoms with Gasteiger partial charge in [-0.3, -0.25) is 14.4 Å². The summed E-state index contributed by atoms with van der Waals surface area (Å²) in [4.78, 5) is 51.1. The van der Waals surface area contributed by atoms with Gasteiger partial charge in [0.2, 0.25) is 0 Å². The largest absolute Gasteiger partial charge is 0.479 e. The van der Waals surface area contributed by atoms with Crippen LogP contribution in [-0.2, 0) is 42.9 Å². The Kier molecular flexibility index (Phi) is 47.4. The van der Waals surface area contributed by atoms with E-state index in [4.69, 9.17) is 23.7 Å². The van der Waals surface area contributed by atoms with Gasteiger partial charge in [0, 0.05) is 19.3 Å². The van der Waals surface area contributed by atoms with Crippen LogP contribution in [0.4, 0.5) is 0 Å². The summed E-state index contributed by atoms with van der Waals surface area (Å²) < 4.78 is 28.4. The predicted molar refractivity (Wildman–Crippen MR) is 303 cm³/mol. The normalized spacial score (nSPS) is 18.5. The maximum atomic E-state index is 13.2. The Morgan fingerprint density at radius 3 is 1.32 bits per heavy atom. The Labute approximate surface area is 456 Å². The summed E-state index contributed by atoms with van der Waals surface area (Å²) in [5.74, 6) is -3.17. The molecule has 1 saturated heterocycles. The maximum absolute atomic E-state index is 13.2. The summed E-state index contributed by atoms with van der Waals surface area (Å²) in [6.07, 6.45) is 50.5. The minimum Gasteiger partial charge on any atom is -0.479 e. The molecule has 0 aromatic heterocycles. The van der Waals surface area contributed by atoms with Crippen LogP contribution in [0.3, 0.4) is 0 Å². The number of allylic oxidation sites excluding steroid dienone is 10. The number of rotatable bonds is 51. The first kappa shape index (κ1) is 69.4. The molecule has 0 saturated carbocycles. The number of aliphatic carboxylic acids is 1. The molecule has 0 spiro atoms. The lowest BCUT2D eigenvalue weighted by atomic mass is 9.98. The van der Waals surface area contributed by atoms with E-state index in [1.165, 1.54) is 109 Å². The molecule has 3 N–H and O–H groups in total. The molecule has 0 bridgehead atoms. The molecule has 75 heavy (non-hydrogen) atoms. The molecule has 0 aromatic carbocycles. The van der Waals surface area contributed by atoms with Crippen molar-refractivity contribution in [2.24, 2.45) is 0 Å². The van der Waals surface area contributed by atoms with Gasteiger partial charge in [0.15, 0.2) is 24.6 Å². The lowest BCUT2D eigenvalue weighted by Crippen LogP contribution is -2.61. The SMILES string of the molecule is CC/C=C\C/C=C\C/C=C\C/C=C\CCCCC(=O)OC1C(OCC(COC(=O)CCCCCCC/C=C\CCCCCCCC)OC(=O)CCCCCCCCCCCCCCCCC)OC(C(=O)O)C(O)C1O. The van der Waals surface area contributed by atoms with Crippen molar-refractivity contribution in [2.75, 3.05) is 13.2 Å². The van der Waals surface area contributed by atoms with Crippen LogP contribution in [0.5, 0.6) is 0 Å². The number of ether oxygens (including phenoxy) is 5. The zero-order valence-electron chi connectivity index (χ0n) is 47.5. The summed E-state index contributed by atoms with van der Waals surface area (Å²) in [5, 5.41) is 31.5. The molecule has 0 aromatic rings. The van der Waals surface area contributed by atoms with Crippen LogP contribution in [0.2, 0.25) is 0 Å². The van der Waals surface area contributed by atoms with Crippen molar-refractivity contribution in [3.8, 4) is 0 Å². The molecule has 0 aliphatic carbocycles. The Morgan fingerprint density at radius 1 is 0.453 bits per heavy atom. The van der Waals surface area contributed by atoms with E-state index in [2.05, 4.69) is 81.5 Å². The highest BCUT2D eigenvalue weighted by molar-refractivity contribution is 5.74. The maximum Gasteiger partial charge on any atom is 0.335 e. The van der Waals surface area contributed by atoms with Gasteiger partial charge in [-0.1, -0.05) is 223 Å². The number of hydrogen-bond acceptors (Lipinski definition) is 11. The van der Waals surface area contributed by atoms with Crippen molar-refractivity contribution >= 4 is 23.9 Å². The molecule has 0 radical (unpaired) electrons. The minimum absolute atomic E-state index is 0.00805. The summed E-state index contributed by atoms with van der Waals surface area (Å²) in [7, 11) is 0. The van der Waals surface area contributed by atoms with Gasteiger partial charge in [0.1, 0.15) is 18.8 Å². The van der Waals surface area contributed by atoms with Crippen molar-refractivity contribution in [3.05, 3.63) is 60.8 Å². The summed E-state index contributed by atoms with van der Waals surface area (Å²) in [6, 6.07) is 0. The number of esters is 3. The standard InChI is InChI=1S/C63H108O12/c1-4-7-10-13-16-19-22-25-28-31-34-37-40-43-46-49-55(64)71-52-54(73-56(65)50-47-44-41-38-35-32-29-26-23-20-17-14-11-8-5-2)53-72-63-61(59(68)58(67)60(75-63)62(69)70)74-57(66)51-48-45-42-39-36-33-30-27-24-21-18-15-12-9-6-3/h9,12,18,21,25,27-28,30,36,39,54,58-61,63,67-68H,4-8,10-11,13-17,19-20,22-24,26,29,31-35,37-38,40-53H2,1-3H3,(H,69,70)/b12-9-,21-18-,28-25-,30-27-,39-36-. The first-order valence-corrected chi connectivity index (χ1v) is 30.3. The minimum atomic E-state index is -1.92. The summed E-state index contributed by atoms with van der Waals surface area (Å²) in [6.45, 7) is 5.87. The van der Waals surface area contributed by atoms with E-state index in [-0.39, 0.29) is 25.9 Å². The average Bonchev–Trinajstić information content (AvgIpc) is 3.39. The van der Waals surface area contributed by atoms with Gasteiger partial charge < -0.3 is 39.0 Å². The van der Waals surface area contributed by atoms with Crippen molar-refractivity contribution in [1.82, 2.24) is 0 Å². The Hall–Kier alpha value is -3.58. The molecule has 432 valence electrons. The third kappa shape index (κ3) is 41.2. The molecule has 12 heteroatoms. The number of carbonyl (C=O) groups excluding carboxylic acids is 3. The lowest BCUT2D eigenvalue weighted by molar-refractivity contribution is -0.301. The van der Waals surface area contributed by atoms with Crippen molar-refractivity contribution in [3.63, 3.8) is 0 Å². The fraction of sp³-hybridized carbons (Fsp3) is 0.778. The fourth-order valence-electron chi connectivity index (χ4n) is 8.94. The first-order valence-electron chi connectivity index (χ1n) is 30.3. The molecule has 6 atom stereocenters. The second-order valence-electron chi connectivity index (χ2n) is 20.6. The average molecular weight is 1060 g/mol. The van der Waals surface area contributed by atoms with Gasteiger partial charge in [-0.05, 0) is 83.5 Å². The highest BCUT2D eigenvalue weighted by atomic mass is 16.7. The van der Waals surface area contributed by atoms with E-state index >= 15 is 0 Å². The van der Waals surface area contributed by atoms with Crippen molar-refractivity contribution in [2.45, 2.75) is 302 Å². The third-order valence-electron chi connectivity index (χ3n) is 13.6. The second kappa shape index (κ2) is 51.2. The number of unbranched alkanes of at least 4 members (excludes halogenated alkanes) is 27. The van der Waals surface area contributed by atoms with Crippen LogP contribution < -0.4 is 0 Å². The highest BCUT2D eigenvalue weighted by Gasteiger charge is 2.50. The highest BCUT2D eigenvalue weighted by Crippen LogP contribution is 2.26. The summed E-state index contributed by atoms with van der Waals surface area (Å²) in [5.41, 5.74) is 0. The predicted octanol–water partition coefficient (Wildman–Crippen LogP) is 15.6. The van der Waals surface area contributed by atoms with E-state index in [0.29, 0.717) is 25.7 Å². The molecular formula is C63H108O12. The molecular weight excluding hydrogens is 949 g/mol. The first-order chi connectivity index (χ1) is 36.6. The molecule has 6 unspecified atom stereocenters. The number of carboxylic acids is 1. The van der Waals surface area contributed by atoms with Gasteiger partial charge in [0.25, 0.3) is 0 Å². The molecule has 0 amide bonds. The lowest BCUT2D eigenvalue weighted by Gasteiger charge is -2.40. The van der Waals surface area contributed by atoms with Gasteiger partial charge in [-0.15, -0.1) is 0 Å². The molecule has 1 fully saturated rings. The zero-order chi connectivity index (χ0) is 54.7. The van der Waals surface area contributed by atoms with E-state index in [1.54, 1.807) is 0 Å². The molecule has 1 aliphatic rings. The summed E-state index contributed by atoms with van der Waals surface area (Å²) >= 11 is 0. The van der Waals surface area contributed by atoms with Gasteiger partial charge in [-0.25, -0.2) is 4.79 Å². The van der Waals surface area contributed by atoms with E-state index < -0.39 is 67.3 Å². The van der Waals surface area contributed by atoms with Gasteiger partial charge >= 0.3 is 23.9 Å². The monoisotopic (exact) mass is 1060 g/mol. The molecule has 1 heterocycles. The van der Waals surface area contributed by atoms with Crippen LogP contribution in [-0.4, -0.2) is 89.2 Å². The van der Waals surface area contributed by atoms with E-state index in [9.17, 15) is 34.5 Å². The van der Waals surface area contributed by atoms with Crippen LogP contribution >= 0.6 is 0 Å². The van der Waals surface area contributed by atoms with Crippen molar-refractivity contribution in [1.29, 1.82) is 0 Å². The smallest absolute Gasteiger partial charge is 0.335 e. The number of carboxylic acid groups (broad SMARTS) is 1. The Bertz CT molecular complexity index is 1540. The van der Waals surface area contributed by atoms with Crippen LogP contribution in [0.1, 0.15) is 265 Å². The van der Waals surface area contributed by atoms with Crippen LogP contribution in [0.15, 0.2) is 60.8 Å². The third-order valence-corrected chi connectivity index (χ3v) is 13.6.